The van der Waals surface area contributed by atoms with Crippen molar-refractivity contribution in [2.45, 2.75) is 44.2 Å². The molecule has 0 bridgehead atoms. The van der Waals surface area contributed by atoms with Crippen molar-refractivity contribution in [1.29, 1.82) is 0 Å². The average molecular weight is 315 g/mol. The van der Waals surface area contributed by atoms with Crippen LogP contribution in [0.2, 0.25) is 0 Å². The number of nitrogens with one attached hydrogen (secondary N) is 1. The summed E-state index contributed by atoms with van der Waals surface area (Å²) in [7, 11) is 0. The number of carbonyl (C=O) groups excluding carboxylic acids is 1. The van der Waals surface area contributed by atoms with Crippen molar-refractivity contribution in [3.63, 3.8) is 0 Å². The second-order valence-corrected chi connectivity index (χ2v) is 5.78. The third kappa shape index (κ3) is 2.59. The Labute approximate surface area is 115 Å². The molecule has 1 aliphatic rings. The van der Waals surface area contributed by atoms with Crippen molar-refractivity contribution in [2.24, 2.45) is 5.73 Å². The Hall–Kier alpha value is -0.880. The van der Waals surface area contributed by atoms with Crippen LogP contribution in [-0.2, 0) is 4.79 Å². The molecule has 3 N–H and O–H groups in total. The molecule has 1 fully saturated rings. The summed E-state index contributed by atoms with van der Waals surface area (Å²) in [6, 6.07) is 0.233. The molecule has 2 unspecified atom stereocenters. The summed E-state index contributed by atoms with van der Waals surface area (Å²) in [4.78, 5) is 11.8. The maximum Gasteiger partial charge on any atom is 0.237 e. The van der Waals surface area contributed by atoms with Gasteiger partial charge in [0.15, 0.2) is 0 Å². The van der Waals surface area contributed by atoms with Crippen LogP contribution in [0.15, 0.2) is 16.9 Å². The lowest BCUT2D eigenvalue weighted by Crippen LogP contribution is -2.57. The van der Waals surface area contributed by atoms with Crippen LogP contribution in [0.1, 0.15) is 38.6 Å². The van der Waals surface area contributed by atoms with E-state index in [2.05, 4.69) is 26.3 Å². The number of halogens is 1. The topological polar surface area (TPSA) is 72.9 Å². The summed E-state index contributed by atoms with van der Waals surface area (Å²) in [5.74, 6) is -0.250. The molecule has 18 heavy (non-hydrogen) atoms. The summed E-state index contributed by atoms with van der Waals surface area (Å²) in [5, 5.41) is 7.59. The SMILES string of the molecule is CCNC1(C(N)=O)CCCC(n2cc(Br)cn2)C1. The fraction of sp³-hybridized carbons (Fsp3) is 0.667. The van der Waals surface area contributed by atoms with E-state index >= 15 is 0 Å². The van der Waals surface area contributed by atoms with Crippen LogP contribution in [0.25, 0.3) is 0 Å². The fourth-order valence-corrected chi connectivity index (χ4v) is 3.10. The van der Waals surface area contributed by atoms with Gasteiger partial charge in [-0.1, -0.05) is 6.92 Å². The standard InChI is InChI=1S/C12H19BrN4O/c1-2-15-12(11(14)18)5-3-4-10(6-12)17-8-9(13)7-16-17/h7-8,10,15H,2-6H2,1H3,(H2,14,18). The molecule has 0 saturated heterocycles. The number of carbonyl (C=O) groups is 1. The van der Waals surface area contributed by atoms with Crippen LogP contribution in [0.4, 0.5) is 0 Å². The molecule has 1 aromatic heterocycles. The zero-order chi connectivity index (χ0) is 13.2. The van der Waals surface area contributed by atoms with Crippen molar-refractivity contribution in [3.8, 4) is 0 Å². The van der Waals surface area contributed by atoms with Gasteiger partial charge in [0.1, 0.15) is 0 Å². The number of hydrogen-bond acceptors (Lipinski definition) is 3. The monoisotopic (exact) mass is 314 g/mol. The lowest BCUT2D eigenvalue weighted by atomic mass is 9.78. The van der Waals surface area contributed by atoms with Gasteiger partial charge in [-0.25, -0.2) is 0 Å². The lowest BCUT2D eigenvalue weighted by molar-refractivity contribution is -0.126. The molecule has 0 radical (unpaired) electrons. The highest BCUT2D eigenvalue weighted by atomic mass is 79.9. The Morgan fingerprint density at radius 2 is 2.56 bits per heavy atom. The number of amides is 1. The molecule has 0 aromatic carbocycles. The van der Waals surface area contributed by atoms with Crippen LogP contribution in [-0.4, -0.2) is 27.8 Å². The summed E-state index contributed by atoms with van der Waals surface area (Å²) in [6.07, 6.45) is 7.27. The zero-order valence-electron chi connectivity index (χ0n) is 10.5. The summed E-state index contributed by atoms with van der Waals surface area (Å²) < 4.78 is 2.89. The molecule has 6 heteroatoms. The molecule has 1 aliphatic carbocycles. The first-order valence-corrected chi connectivity index (χ1v) is 7.11. The van der Waals surface area contributed by atoms with E-state index in [1.807, 2.05) is 17.8 Å². The number of primary amides is 1. The third-order valence-corrected chi connectivity index (χ3v) is 4.07. The fourth-order valence-electron chi connectivity index (χ4n) is 2.80. The van der Waals surface area contributed by atoms with Gasteiger partial charge < -0.3 is 11.1 Å². The number of rotatable bonds is 4. The predicted octanol–water partition coefficient (Wildman–Crippen LogP) is 1.59. The first-order valence-electron chi connectivity index (χ1n) is 6.32. The highest BCUT2D eigenvalue weighted by molar-refractivity contribution is 9.10. The van der Waals surface area contributed by atoms with Gasteiger partial charge in [-0.05, 0) is 48.2 Å². The van der Waals surface area contributed by atoms with Crippen molar-refractivity contribution in [2.75, 3.05) is 6.54 Å². The van der Waals surface area contributed by atoms with E-state index in [-0.39, 0.29) is 11.9 Å². The number of nitrogens with two attached hydrogens (primary N) is 1. The summed E-state index contributed by atoms with van der Waals surface area (Å²) in [5.41, 5.74) is 5.02. The smallest absolute Gasteiger partial charge is 0.237 e. The van der Waals surface area contributed by atoms with Crippen molar-refractivity contribution < 1.29 is 4.79 Å². The highest BCUT2D eigenvalue weighted by Gasteiger charge is 2.41. The van der Waals surface area contributed by atoms with Crippen LogP contribution in [0.5, 0.6) is 0 Å². The Morgan fingerprint density at radius 1 is 1.78 bits per heavy atom. The molecule has 5 nitrogen and oxygen atoms in total. The first-order chi connectivity index (χ1) is 8.57. The van der Waals surface area contributed by atoms with Crippen molar-refractivity contribution in [1.82, 2.24) is 15.1 Å². The van der Waals surface area contributed by atoms with Gasteiger partial charge in [0, 0.05) is 6.20 Å². The molecule has 1 heterocycles. The Kier molecular flexibility index (Phi) is 4.07. The van der Waals surface area contributed by atoms with E-state index in [4.69, 9.17) is 5.73 Å². The zero-order valence-corrected chi connectivity index (χ0v) is 12.1. The van der Waals surface area contributed by atoms with Crippen LogP contribution in [0, 0.1) is 0 Å². The maximum absolute atomic E-state index is 11.8. The van der Waals surface area contributed by atoms with E-state index < -0.39 is 5.54 Å². The molecule has 1 amide bonds. The van der Waals surface area contributed by atoms with Gasteiger partial charge in [0.25, 0.3) is 0 Å². The number of likely N-dealkylation sites (N-methyl/N-ethyl adjacent to an activating group) is 1. The largest absolute Gasteiger partial charge is 0.368 e. The molecular weight excluding hydrogens is 296 g/mol. The van der Waals surface area contributed by atoms with Crippen molar-refractivity contribution >= 4 is 21.8 Å². The summed E-state index contributed by atoms with van der Waals surface area (Å²) in [6.45, 7) is 2.75. The second kappa shape index (κ2) is 5.40. The predicted molar refractivity (Wildman–Crippen MR) is 73.0 cm³/mol. The maximum atomic E-state index is 11.8. The van der Waals surface area contributed by atoms with Crippen LogP contribution >= 0.6 is 15.9 Å². The minimum atomic E-state index is -0.573. The molecule has 2 atom stereocenters. The number of aromatic nitrogens is 2. The molecular formula is C12H19BrN4O. The van der Waals surface area contributed by atoms with Gasteiger partial charge in [-0.2, -0.15) is 5.10 Å². The van der Waals surface area contributed by atoms with Crippen molar-refractivity contribution in [3.05, 3.63) is 16.9 Å². The van der Waals surface area contributed by atoms with E-state index in [9.17, 15) is 4.79 Å². The Bertz CT molecular complexity index is 429. The third-order valence-electron chi connectivity index (χ3n) is 3.66. The van der Waals surface area contributed by atoms with Gasteiger partial charge in [0.05, 0.1) is 22.3 Å². The second-order valence-electron chi connectivity index (χ2n) is 4.87. The normalized spacial score (nSPS) is 28.2. The van der Waals surface area contributed by atoms with Gasteiger partial charge >= 0.3 is 0 Å². The number of hydrogen-bond donors (Lipinski definition) is 2. The van der Waals surface area contributed by atoms with Crippen LogP contribution in [0.3, 0.4) is 0 Å². The van der Waals surface area contributed by atoms with Gasteiger partial charge in [0.2, 0.25) is 5.91 Å². The molecule has 0 aliphatic heterocycles. The highest BCUT2D eigenvalue weighted by Crippen LogP contribution is 2.35. The lowest BCUT2D eigenvalue weighted by Gasteiger charge is -2.39. The Balaban J connectivity index is 2.18. The van der Waals surface area contributed by atoms with Gasteiger partial charge in [-0.15, -0.1) is 0 Å². The minimum absolute atomic E-state index is 0.233. The average Bonchev–Trinajstić information content (AvgIpc) is 2.76. The summed E-state index contributed by atoms with van der Waals surface area (Å²) >= 11 is 3.40. The van der Waals surface area contributed by atoms with E-state index in [0.29, 0.717) is 6.42 Å². The number of nitrogens with zero attached hydrogens (tertiary/aromatic N) is 2. The van der Waals surface area contributed by atoms with E-state index in [1.165, 1.54) is 0 Å². The molecule has 0 spiro atoms. The molecule has 100 valence electrons. The van der Waals surface area contributed by atoms with E-state index in [0.717, 1.165) is 30.3 Å². The van der Waals surface area contributed by atoms with E-state index in [1.54, 1.807) is 6.20 Å². The minimum Gasteiger partial charge on any atom is -0.368 e. The first kappa shape index (κ1) is 13.5. The Morgan fingerprint density at radius 3 is 3.11 bits per heavy atom. The quantitative estimate of drug-likeness (QED) is 0.886. The molecule has 1 aromatic rings. The molecule has 2 rings (SSSR count). The van der Waals surface area contributed by atoms with Gasteiger partial charge in [-0.3, -0.25) is 9.48 Å². The van der Waals surface area contributed by atoms with Crippen LogP contribution < -0.4 is 11.1 Å². The molecule has 1 saturated carbocycles.